The van der Waals surface area contributed by atoms with E-state index in [2.05, 4.69) is 5.32 Å². The van der Waals surface area contributed by atoms with Crippen molar-refractivity contribution in [3.63, 3.8) is 0 Å². The van der Waals surface area contributed by atoms with Crippen molar-refractivity contribution in [3.8, 4) is 0 Å². The van der Waals surface area contributed by atoms with Gasteiger partial charge in [0.15, 0.2) is 0 Å². The van der Waals surface area contributed by atoms with Crippen molar-refractivity contribution in [1.82, 2.24) is 5.32 Å². The first-order valence-electron chi connectivity index (χ1n) is 6.33. The van der Waals surface area contributed by atoms with E-state index in [1.54, 1.807) is 0 Å². The van der Waals surface area contributed by atoms with Crippen LogP contribution in [-0.2, 0) is 9.53 Å². The molecule has 0 spiro atoms. The summed E-state index contributed by atoms with van der Waals surface area (Å²) in [5.41, 5.74) is 5.60. The summed E-state index contributed by atoms with van der Waals surface area (Å²) in [6.45, 7) is 1.94. The minimum Gasteiger partial charge on any atom is -0.381 e. The van der Waals surface area contributed by atoms with E-state index in [4.69, 9.17) is 10.5 Å². The molecule has 16 heavy (non-hydrogen) atoms. The number of carbonyl (C=O) groups excluding carboxylic acids is 1. The maximum atomic E-state index is 11.9. The number of carbonyl (C=O) groups is 1. The van der Waals surface area contributed by atoms with E-state index in [1.165, 1.54) is 19.3 Å². The zero-order chi connectivity index (χ0) is 11.4. The van der Waals surface area contributed by atoms with Crippen molar-refractivity contribution in [2.75, 3.05) is 19.8 Å². The second kappa shape index (κ2) is 5.15. The molecule has 1 aliphatic heterocycles. The third-order valence-electron chi connectivity index (χ3n) is 3.94. The normalized spacial score (nSPS) is 24.8. The molecule has 0 radical (unpaired) electrons. The van der Waals surface area contributed by atoms with Gasteiger partial charge in [-0.05, 0) is 31.6 Å². The Bertz CT molecular complexity index is 245. The molecule has 3 N–H and O–H groups in total. The maximum Gasteiger partial charge on any atom is 0.220 e. The number of ether oxygens (including phenoxy) is 1. The number of hydrogen-bond donors (Lipinski definition) is 2. The first-order chi connectivity index (χ1) is 7.74. The van der Waals surface area contributed by atoms with Gasteiger partial charge >= 0.3 is 0 Å². The van der Waals surface area contributed by atoms with E-state index in [0.29, 0.717) is 32.1 Å². The smallest absolute Gasteiger partial charge is 0.220 e. The van der Waals surface area contributed by atoms with Crippen molar-refractivity contribution in [1.29, 1.82) is 0 Å². The van der Waals surface area contributed by atoms with Crippen LogP contribution >= 0.6 is 0 Å². The molecule has 2 aliphatic rings. The van der Waals surface area contributed by atoms with Crippen LogP contribution in [0.3, 0.4) is 0 Å². The molecule has 2 rings (SSSR count). The topological polar surface area (TPSA) is 64.3 Å². The summed E-state index contributed by atoms with van der Waals surface area (Å²) in [7, 11) is 0. The standard InChI is InChI=1S/C12H22N2O2/c13-9-12(4-6-16-7-5-12)14-11(15)8-10-2-1-3-10/h10H,1-9,13H2,(H,14,15). The highest BCUT2D eigenvalue weighted by atomic mass is 16.5. The number of nitrogens with one attached hydrogen (secondary N) is 1. The Kier molecular flexibility index (Phi) is 3.82. The Morgan fingerprint density at radius 2 is 2.06 bits per heavy atom. The lowest BCUT2D eigenvalue weighted by Crippen LogP contribution is -2.56. The predicted molar refractivity (Wildman–Crippen MR) is 61.9 cm³/mol. The van der Waals surface area contributed by atoms with Gasteiger partial charge in [0, 0.05) is 26.2 Å². The summed E-state index contributed by atoms with van der Waals surface area (Å²) >= 11 is 0. The van der Waals surface area contributed by atoms with Crippen LogP contribution in [0, 0.1) is 5.92 Å². The molecule has 1 aliphatic carbocycles. The van der Waals surface area contributed by atoms with Crippen molar-refractivity contribution in [2.24, 2.45) is 11.7 Å². The Labute approximate surface area is 96.9 Å². The van der Waals surface area contributed by atoms with Crippen LogP contribution in [0.25, 0.3) is 0 Å². The maximum absolute atomic E-state index is 11.9. The second-order valence-corrected chi connectivity index (χ2v) is 5.15. The van der Waals surface area contributed by atoms with Crippen LogP contribution in [0.1, 0.15) is 38.5 Å². The fourth-order valence-corrected chi connectivity index (χ4v) is 2.45. The Balaban J connectivity index is 1.82. The predicted octanol–water partition coefficient (Wildman–Crippen LogP) is 0.801. The zero-order valence-corrected chi connectivity index (χ0v) is 9.84. The summed E-state index contributed by atoms with van der Waals surface area (Å²) < 4.78 is 5.31. The average Bonchev–Trinajstić information content (AvgIpc) is 2.25. The Morgan fingerprint density at radius 3 is 2.56 bits per heavy atom. The van der Waals surface area contributed by atoms with Gasteiger partial charge in [-0.2, -0.15) is 0 Å². The van der Waals surface area contributed by atoms with Gasteiger partial charge in [-0.15, -0.1) is 0 Å². The van der Waals surface area contributed by atoms with Gasteiger partial charge in [-0.1, -0.05) is 6.42 Å². The first kappa shape index (κ1) is 11.9. The number of hydrogen-bond acceptors (Lipinski definition) is 3. The lowest BCUT2D eigenvalue weighted by molar-refractivity contribution is -0.125. The van der Waals surface area contributed by atoms with Crippen molar-refractivity contribution in [2.45, 2.75) is 44.1 Å². The minimum absolute atomic E-state index is 0.178. The highest BCUT2D eigenvalue weighted by Crippen LogP contribution is 2.29. The lowest BCUT2D eigenvalue weighted by atomic mass is 9.82. The van der Waals surface area contributed by atoms with Crippen LogP contribution in [0.15, 0.2) is 0 Å². The third kappa shape index (κ3) is 2.74. The van der Waals surface area contributed by atoms with Crippen LogP contribution < -0.4 is 11.1 Å². The van der Waals surface area contributed by atoms with Crippen LogP contribution in [0.2, 0.25) is 0 Å². The monoisotopic (exact) mass is 226 g/mol. The molecule has 4 nitrogen and oxygen atoms in total. The van der Waals surface area contributed by atoms with E-state index in [0.717, 1.165) is 12.8 Å². The number of amides is 1. The quantitative estimate of drug-likeness (QED) is 0.745. The molecule has 1 saturated heterocycles. The SMILES string of the molecule is NCC1(NC(=O)CC2CCC2)CCOCC1. The molecule has 0 unspecified atom stereocenters. The van der Waals surface area contributed by atoms with E-state index >= 15 is 0 Å². The fraction of sp³-hybridized carbons (Fsp3) is 0.917. The van der Waals surface area contributed by atoms with Crippen molar-refractivity contribution in [3.05, 3.63) is 0 Å². The van der Waals surface area contributed by atoms with Crippen LogP contribution in [0.4, 0.5) is 0 Å². The van der Waals surface area contributed by atoms with Crippen molar-refractivity contribution >= 4 is 5.91 Å². The summed E-state index contributed by atoms with van der Waals surface area (Å²) in [6.07, 6.45) is 6.09. The minimum atomic E-state index is -0.195. The molecule has 1 amide bonds. The molecular formula is C12H22N2O2. The summed E-state index contributed by atoms with van der Waals surface area (Å²) in [6, 6.07) is 0. The van der Waals surface area contributed by atoms with E-state index < -0.39 is 0 Å². The molecule has 4 heteroatoms. The second-order valence-electron chi connectivity index (χ2n) is 5.15. The summed E-state index contributed by atoms with van der Waals surface area (Å²) in [5.74, 6) is 0.798. The average molecular weight is 226 g/mol. The molecule has 92 valence electrons. The Morgan fingerprint density at radius 1 is 1.38 bits per heavy atom. The van der Waals surface area contributed by atoms with Gasteiger partial charge < -0.3 is 15.8 Å². The molecule has 0 atom stereocenters. The molecule has 0 aromatic heterocycles. The van der Waals surface area contributed by atoms with Gasteiger partial charge in [0.25, 0.3) is 0 Å². The zero-order valence-electron chi connectivity index (χ0n) is 9.84. The fourth-order valence-electron chi connectivity index (χ4n) is 2.45. The Hall–Kier alpha value is -0.610. The first-order valence-corrected chi connectivity index (χ1v) is 6.33. The van der Waals surface area contributed by atoms with Gasteiger partial charge in [-0.3, -0.25) is 4.79 Å². The van der Waals surface area contributed by atoms with E-state index in [9.17, 15) is 4.79 Å². The molecular weight excluding hydrogens is 204 g/mol. The largest absolute Gasteiger partial charge is 0.381 e. The lowest BCUT2D eigenvalue weighted by Gasteiger charge is -2.37. The highest BCUT2D eigenvalue weighted by Gasteiger charge is 2.33. The summed E-state index contributed by atoms with van der Waals surface area (Å²) in [5, 5.41) is 3.14. The molecule has 1 heterocycles. The molecule has 0 aromatic rings. The van der Waals surface area contributed by atoms with Gasteiger partial charge in [0.2, 0.25) is 5.91 Å². The molecule has 0 bridgehead atoms. The highest BCUT2D eigenvalue weighted by molar-refractivity contribution is 5.77. The van der Waals surface area contributed by atoms with Crippen LogP contribution in [0.5, 0.6) is 0 Å². The molecule has 0 aromatic carbocycles. The summed E-state index contributed by atoms with van der Waals surface area (Å²) in [4.78, 5) is 11.9. The van der Waals surface area contributed by atoms with Crippen LogP contribution in [-0.4, -0.2) is 31.2 Å². The molecule has 2 fully saturated rings. The van der Waals surface area contributed by atoms with Gasteiger partial charge in [0.1, 0.15) is 0 Å². The van der Waals surface area contributed by atoms with Gasteiger partial charge in [-0.25, -0.2) is 0 Å². The van der Waals surface area contributed by atoms with Crippen molar-refractivity contribution < 1.29 is 9.53 Å². The molecule has 1 saturated carbocycles. The van der Waals surface area contributed by atoms with E-state index in [-0.39, 0.29) is 11.4 Å². The number of rotatable bonds is 4. The van der Waals surface area contributed by atoms with E-state index in [1.807, 2.05) is 0 Å². The van der Waals surface area contributed by atoms with Gasteiger partial charge in [0.05, 0.1) is 5.54 Å². The number of nitrogens with two attached hydrogens (primary N) is 1. The third-order valence-corrected chi connectivity index (χ3v) is 3.94.